The predicted molar refractivity (Wildman–Crippen MR) is 73.3 cm³/mol. The summed E-state index contributed by atoms with van der Waals surface area (Å²) in [6.07, 6.45) is 0. The Balaban J connectivity index is 2.95. The quantitative estimate of drug-likeness (QED) is 0.822. The van der Waals surface area contributed by atoms with E-state index in [-0.39, 0.29) is 12.6 Å². The Kier molecular flexibility index (Phi) is 5.16. The van der Waals surface area contributed by atoms with E-state index in [4.69, 9.17) is 0 Å². The maximum atomic E-state index is 9.55. The summed E-state index contributed by atoms with van der Waals surface area (Å²) in [4.78, 5) is 0. The van der Waals surface area contributed by atoms with E-state index >= 15 is 0 Å². The first-order valence-corrected chi connectivity index (χ1v) is 6.37. The van der Waals surface area contributed by atoms with Gasteiger partial charge >= 0.3 is 0 Å². The maximum Gasteiger partial charge on any atom is 0.0626 e. The Morgan fingerprint density at radius 2 is 1.65 bits per heavy atom. The van der Waals surface area contributed by atoms with E-state index in [1.807, 2.05) is 0 Å². The van der Waals surface area contributed by atoms with Gasteiger partial charge in [-0.15, -0.1) is 0 Å². The molecule has 0 aliphatic heterocycles. The van der Waals surface area contributed by atoms with Gasteiger partial charge in [0, 0.05) is 0 Å². The van der Waals surface area contributed by atoms with E-state index in [0.717, 1.165) is 6.54 Å². The largest absolute Gasteiger partial charge is 0.394 e. The van der Waals surface area contributed by atoms with Crippen molar-refractivity contribution in [2.45, 2.75) is 40.7 Å². The van der Waals surface area contributed by atoms with Gasteiger partial charge in [-0.3, -0.25) is 0 Å². The zero-order valence-electron chi connectivity index (χ0n) is 11.7. The molecule has 2 heteroatoms. The van der Waals surface area contributed by atoms with Gasteiger partial charge in [-0.25, -0.2) is 0 Å². The second kappa shape index (κ2) is 6.18. The molecule has 1 atom stereocenters. The van der Waals surface area contributed by atoms with Crippen molar-refractivity contribution in [3.8, 4) is 0 Å². The molecule has 96 valence electrons. The summed E-state index contributed by atoms with van der Waals surface area (Å²) in [5.41, 5.74) is 5.05. The second-order valence-corrected chi connectivity index (χ2v) is 5.35. The van der Waals surface area contributed by atoms with E-state index in [0.29, 0.717) is 5.92 Å². The highest BCUT2D eigenvalue weighted by molar-refractivity contribution is 5.39. The minimum Gasteiger partial charge on any atom is -0.394 e. The lowest BCUT2D eigenvalue weighted by Gasteiger charge is -2.22. The second-order valence-electron chi connectivity index (χ2n) is 5.35. The standard InChI is InChI=1S/C15H25NO/c1-10(2)8-16-14(9-17)15-12(4)6-11(3)7-13(15)5/h6-7,10,14,16-17H,8-9H2,1-5H3. The highest BCUT2D eigenvalue weighted by Crippen LogP contribution is 2.23. The van der Waals surface area contributed by atoms with Crippen LogP contribution in [0.5, 0.6) is 0 Å². The highest BCUT2D eigenvalue weighted by Gasteiger charge is 2.15. The van der Waals surface area contributed by atoms with Crippen LogP contribution in [-0.4, -0.2) is 18.3 Å². The minimum atomic E-state index is 0.0537. The van der Waals surface area contributed by atoms with Crippen LogP contribution in [0, 0.1) is 26.7 Å². The Morgan fingerprint density at radius 3 is 2.06 bits per heavy atom. The first kappa shape index (κ1) is 14.2. The lowest BCUT2D eigenvalue weighted by molar-refractivity contribution is 0.240. The van der Waals surface area contributed by atoms with Crippen molar-refractivity contribution < 1.29 is 5.11 Å². The molecule has 1 unspecified atom stereocenters. The number of aliphatic hydroxyl groups is 1. The third-order valence-electron chi connectivity index (χ3n) is 3.04. The summed E-state index contributed by atoms with van der Waals surface area (Å²) in [5.74, 6) is 0.593. The van der Waals surface area contributed by atoms with E-state index in [1.165, 1.54) is 22.3 Å². The van der Waals surface area contributed by atoms with Crippen LogP contribution in [0.2, 0.25) is 0 Å². The fourth-order valence-electron chi connectivity index (χ4n) is 2.38. The van der Waals surface area contributed by atoms with Gasteiger partial charge in [-0.2, -0.15) is 0 Å². The van der Waals surface area contributed by atoms with Crippen molar-refractivity contribution in [2.24, 2.45) is 5.92 Å². The number of hydrogen-bond donors (Lipinski definition) is 2. The van der Waals surface area contributed by atoms with E-state index < -0.39 is 0 Å². The smallest absolute Gasteiger partial charge is 0.0626 e. The summed E-state index contributed by atoms with van der Waals surface area (Å²) in [5, 5.41) is 13.0. The molecule has 2 nitrogen and oxygen atoms in total. The third kappa shape index (κ3) is 3.83. The zero-order chi connectivity index (χ0) is 13.0. The summed E-state index contributed by atoms with van der Waals surface area (Å²) in [6, 6.07) is 4.42. The molecule has 0 aliphatic carbocycles. The molecule has 2 N–H and O–H groups in total. The molecular weight excluding hydrogens is 210 g/mol. The minimum absolute atomic E-state index is 0.0537. The summed E-state index contributed by atoms with van der Waals surface area (Å²) in [7, 11) is 0. The van der Waals surface area contributed by atoms with Crippen LogP contribution in [-0.2, 0) is 0 Å². The van der Waals surface area contributed by atoms with Crippen molar-refractivity contribution in [2.75, 3.05) is 13.2 Å². The lowest BCUT2D eigenvalue weighted by atomic mass is 9.94. The van der Waals surface area contributed by atoms with Gasteiger partial charge in [-0.05, 0) is 49.9 Å². The number of nitrogens with one attached hydrogen (secondary N) is 1. The maximum absolute atomic E-state index is 9.55. The van der Waals surface area contributed by atoms with Gasteiger partial charge in [0.25, 0.3) is 0 Å². The first-order valence-electron chi connectivity index (χ1n) is 6.37. The highest BCUT2D eigenvalue weighted by atomic mass is 16.3. The van der Waals surface area contributed by atoms with E-state index in [1.54, 1.807) is 0 Å². The van der Waals surface area contributed by atoms with Crippen molar-refractivity contribution in [1.82, 2.24) is 5.32 Å². The molecular formula is C15H25NO. The Morgan fingerprint density at radius 1 is 1.12 bits per heavy atom. The van der Waals surface area contributed by atoms with Crippen molar-refractivity contribution in [3.63, 3.8) is 0 Å². The normalized spacial score (nSPS) is 13.1. The van der Waals surface area contributed by atoms with Crippen LogP contribution < -0.4 is 5.32 Å². The SMILES string of the molecule is Cc1cc(C)c(C(CO)NCC(C)C)c(C)c1. The van der Waals surface area contributed by atoms with Gasteiger partial charge in [0.1, 0.15) is 0 Å². The molecule has 0 radical (unpaired) electrons. The fraction of sp³-hybridized carbons (Fsp3) is 0.600. The summed E-state index contributed by atoms with van der Waals surface area (Å²) >= 11 is 0. The van der Waals surface area contributed by atoms with Crippen LogP contribution in [0.4, 0.5) is 0 Å². The Hall–Kier alpha value is -0.860. The van der Waals surface area contributed by atoms with Crippen LogP contribution in [0.3, 0.4) is 0 Å². The van der Waals surface area contributed by atoms with Crippen LogP contribution in [0.25, 0.3) is 0 Å². The predicted octanol–water partition coefficient (Wildman–Crippen LogP) is 2.89. The number of hydrogen-bond acceptors (Lipinski definition) is 2. The van der Waals surface area contributed by atoms with Crippen LogP contribution >= 0.6 is 0 Å². The summed E-state index contributed by atoms with van der Waals surface area (Å²) < 4.78 is 0. The monoisotopic (exact) mass is 235 g/mol. The lowest BCUT2D eigenvalue weighted by Crippen LogP contribution is -2.29. The number of aryl methyl sites for hydroxylation is 3. The van der Waals surface area contributed by atoms with Crippen LogP contribution in [0.1, 0.15) is 42.1 Å². The molecule has 0 bridgehead atoms. The molecule has 1 rings (SSSR count). The van der Waals surface area contributed by atoms with Gasteiger partial charge in [0.05, 0.1) is 12.6 Å². The Labute approximate surface area is 105 Å². The van der Waals surface area contributed by atoms with Crippen molar-refractivity contribution >= 4 is 0 Å². The molecule has 0 spiro atoms. The molecule has 0 saturated heterocycles. The van der Waals surface area contributed by atoms with Crippen molar-refractivity contribution in [3.05, 3.63) is 34.4 Å². The molecule has 1 aromatic carbocycles. The topological polar surface area (TPSA) is 32.3 Å². The average molecular weight is 235 g/mol. The van der Waals surface area contributed by atoms with Gasteiger partial charge in [0.2, 0.25) is 0 Å². The van der Waals surface area contributed by atoms with Crippen LogP contribution in [0.15, 0.2) is 12.1 Å². The van der Waals surface area contributed by atoms with Gasteiger partial charge in [0.15, 0.2) is 0 Å². The molecule has 0 heterocycles. The number of aliphatic hydroxyl groups excluding tert-OH is 1. The Bertz CT molecular complexity index is 348. The zero-order valence-corrected chi connectivity index (χ0v) is 11.7. The third-order valence-corrected chi connectivity index (χ3v) is 3.04. The first-order chi connectivity index (χ1) is 7.95. The molecule has 0 saturated carbocycles. The van der Waals surface area contributed by atoms with Gasteiger partial charge in [-0.1, -0.05) is 31.5 Å². The molecule has 0 amide bonds. The molecule has 0 aliphatic rings. The van der Waals surface area contributed by atoms with E-state index in [2.05, 4.69) is 52.1 Å². The fourth-order valence-corrected chi connectivity index (χ4v) is 2.38. The van der Waals surface area contributed by atoms with Gasteiger partial charge < -0.3 is 10.4 Å². The number of benzene rings is 1. The molecule has 0 aromatic heterocycles. The molecule has 1 aromatic rings. The van der Waals surface area contributed by atoms with Crippen molar-refractivity contribution in [1.29, 1.82) is 0 Å². The summed E-state index contributed by atoms with van der Waals surface area (Å²) in [6.45, 7) is 11.8. The number of rotatable bonds is 5. The molecule has 17 heavy (non-hydrogen) atoms. The average Bonchev–Trinajstić information content (AvgIpc) is 2.21. The molecule has 0 fully saturated rings. The van der Waals surface area contributed by atoms with E-state index in [9.17, 15) is 5.11 Å².